The van der Waals surface area contributed by atoms with Crippen LogP contribution in [0.4, 0.5) is 0 Å². The Morgan fingerprint density at radius 3 is 2.52 bits per heavy atom. The molecule has 1 aromatic carbocycles. The van der Waals surface area contributed by atoms with Crippen molar-refractivity contribution in [2.24, 2.45) is 5.92 Å². The van der Waals surface area contributed by atoms with Crippen molar-refractivity contribution < 1.29 is 14.7 Å². The molecule has 4 heteroatoms. The first-order valence-corrected chi connectivity index (χ1v) is 7.58. The lowest BCUT2D eigenvalue weighted by Crippen LogP contribution is -2.60. The second kappa shape index (κ2) is 6.29. The van der Waals surface area contributed by atoms with Crippen molar-refractivity contribution in [1.82, 2.24) is 5.32 Å². The summed E-state index contributed by atoms with van der Waals surface area (Å²) in [5.41, 5.74) is -0.211. The van der Waals surface area contributed by atoms with Crippen LogP contribution in [0.1, 0.15) is 51.0 Å². The van der Waals surface area contributed by atoms with Crippen molar-refractivity contribution in [3.63, 3.8) is 0 Å². The van der Waals surface area contributed by atoms with E-state index in [-0.39, 0.29) is 17.7 Å². The molecule has 0 radical (unpaired) electrons. The molecular formula is C17H23NO3. The van der Waals surface area contributed by atoms with Gasteiger partial charge in [0.05, 0.1) is 5.92 Å². The van der Waals surface area contributed by atoms with Crippen molar-refractivity contribution in [2.45, 2.75) is 51.0 Å². The molecule has 0 aromatic heterocycles. The molecule has 0 spiro atoms. The number of carboxylic acids is 1. The summed E-state index contributed by atoms with van der Waals surface area (Å²) in [4.78, 5) is 24.3. The van der Waals surface area contributed by atoms with Crippen LogP contribution >= 0.6 is 0 Å². The lowest BCUT2D eigenvalue weighted by Gasteiger charge is -2.40. The fourth-order valence-corrected chi connectivity index (χ4v) is 3.13. The molecule has 3 unspecified atom stereocenters. The van der Waals surface area contributed by atoms with Crippen LogP contribution in [0.3, 0.4) is 0 Å². The van der Waals surface area contributed by atoms with E-state index in [0.29, 0.717) is 6.42 Å². The fourth-order valence-electron chi connectivity index (χ4n) is 3.13. The van der Waals surface area contributed by atoms with Crippen molar-refractivity contribution >= 4 is 11.9 Å². The second-order valence-electron chi connectivity index (χ2n) is 6.04. The van der Waals surface area contributed by atoms with Gasteiger partial charge in [0.2, 0.25) is 5.91 Å². The van der Waals surface area contributed by atoms with Crippen LogP contribution in [-0.2, 0) is 9.59 Å². The Morgan fingerprint density at radius 2 is 1.95 bits per heavy atom. The minimum atomic E-state index is -1.11. The molecule has 0 aliphatic heterocycles. The summed E-state index contributed by atoms with van der Waals surface area (Å²) in [5.74, 6) is -1.52. The molecule has 21 heavy (non-hydrogen) atoms. The summed E-state index contributed by atoms with van der Waals surface area (Å²) < 4.78 is 0. The molecule has 0 bridgehead atoms. The molecule has 4 nitrogen and oxygen atoms in total. The molecule has 1 aromatic rings. The molecule has 1 aliphatic rings. The Labute approximate surface area is 125 Å². The van der Waals surface area contributed by atoms with Gasteiger partial charge in [0.15, 0.2) is 0 Å². The monoisotopic (exact) mass is 289 g/mol. The normalized spacial score (nSPS) is 26.9. The summed E-state index contributed by atoms with van der Waals surface area (Å²) in [6.45, 7) is 3.73. The van der Waals surface area contributed by atoms with Crippen molar-refractivity contribution in [1.29, 1.82) is 0 Å². The van der Waals surface area contributed by atoms with Gasteiger partial charge >= 0.3 is 5.97 Å². The molecule has 0 heterocycles. The van der Waals surface area contributed by atoms with Gasteiger partial charge in [0.25, 0.3) is 0 Å². The number of benzene rings is 1. The maximum Gasteiger partial charge on any atom is 0.329 e. The largest absolute Gasteiger partial charge is 0.479 e. The van der Waals surface area contributed by atoms with Crippen molar-refractivity contribution in [2.75, 3.05) is 0 Å². The minimum absolute atomic E-state index is 0.0457. The molecule has 2 rings (SSSR count). The van der Waals surface area contributed by atoms with E-state index >= 15 is 0 Å². The molecule has 1 aliphatic carbocycles. The third kappa shape index (κ3) is 3.09. The van der Waals surface area contributed by atoms with Gasteiger partial charge in [-0.05, 0) is 31.2 Å². The Morgan fingerprint density at radius 1 is 1.29 bits per heavy atom. The lowest BCUT2D eigenvalue weighted by atomic mass is 9.73. The van der Waals surface area contributed by atoms with Crippen LogP contribution in [0.5, 0.6) is 0 Å². The van der Waals surface area contributed by atoms with Crippen LogP contribution in [-0.4, -0.2) is 22.5 Å². The van der Waals surface area contributed by atoms with E-state index < -0.39 is 11.5 Å². The molecule has 1 amide bonds. The average Bonchev–Trinajstić information content (AvgIpc) is 2.49. The zero-order valence-corrected chi connectivity index (χ0v) is 12.6. The van der Waals surface area contributed by atoms with Gasteiger partial charge in [0, 0.05) is 0 Å². The highest BCUT2D eigenvalue weighted by Gasteiger charge is 2.46. The Kier molecular flexibility index (Phi) is 4.66. The van der Waals surface area contributed by atoms with Gasteiger partial charge in [-0.1, -0.05) is 50.1 Å². The molecule has 2 N–H and O–H groups in total. The number of hydrogen-bond acceptors (Lipinski definition) is 2. The number of nitrogens with one attached hydrogen (secondary N) is 1. The molecule has 3 atom stereocenters. The van der Waals surface area contributed by atoms with E-state index in [0.717, 1.165) is 24.8 Å². The zero-order valence-electron chi connectivity index (χ0n) is 12.6. The average molecular weight is 289 g/mol. The van der Waals surface area contributed by atoms with Gasteiger partial charge in [-0.2, -0.15) is 0 Å². The first-order valence-electron chi connectivity index (χ1n) is 7.58. The van der Waals surface area contributed by atoms with E-state index in [1.165, 1.54) is 0 Å². The number of carboxylic acid groups (broad SMARTS) is 1. The topological polar surface area (TPSA) is 66.4 Å². The third-order valence-electron chi connectivity index (χ3n) is 4.72. The van der Waals surface area contributed by atoms with Crippen molar-refractivity contribution in [3.8, 4) is 0 Å². The first-order chi connectivity index (χ1) is 9.97. The summed E-state index contributed by atoms with van der Waals surface area (Å²) >= 11 is 0. The molecule has 0 saturated heterocycles. The number of carbonyl (C=O) groups is 2. The quantitative estimate of drug-likeness (QED) is 0.895. The first kappa shape index (κ1) is 15.5. The number of aliphatic carboxylic acids is 1. The Balaban J connectivity index is 2.17. The van der Waals surface area contributed by atoms with E-state index in [4.69, 9.17) is 0 Å². The number of carbonyl (C=O) groups excluding carboxylic acids is 1. The highest BCUT2D eigenvalue weighted by molar-refractivity contribution is 5.90. The summed E-state index contributed by atoms with van der Waals surface area (Å²) in [6.07, 6.45) is 3.22. The van der Waals surface area contributed by atoms with E-state index in [1.54, 1.807) is 0 Å². The molecular weight excluding hydrogens is 266 g/mol. The third-order valence-corrected chi connectivity index (χ3v) is 4.72. The maximum atomic E-state index is 12.5. The summed E-state index contributed by atoms with van der Waals surface area (Å²) in [6, 6.07) is 9.45. The fraction of sp³-hybridized carbons (Fsp3) is 0.529. The smallest absolute Gasteiger partial charge is 0.329 e. The summed E-state index contributed by atoms with van der Waals surface area (Å²) in [5, 5.41) is 12.5. The standard InChI is InChI=1S/C17H23NO3/c1-12-8-6-7-11-17(12,16(20)21)18-15(19)13(2)14-9-4-3-5-10-14/h3-5,9-10,12-13H,6-8,11H2,1-2H3,(H,18,19)(H,20,21). The van der Waals surface area contributed by atoms with Gasteiger partial charge in [-0.15, -0.1) is 0 Å². The number of rotatable bonds is 4. The van der Waals surface area contributed by atoms with Gasteiger partial charge in [-0.25, -0.2) is 4.79 Å². The van der Waals surface area contributed by atoms with Crippen LogP contribution in [0, 0.1) is 5.92 Å². The second-order valence-corrected chi connectivity index (χ2v) is 6.04. The highest BCUT2D eigenvalue weighted by atomic mass is 16.4. The summed E-state index contributed by atoms with van der Waals surface area (Å²) in [7, 11) is 0. The zero-order chi connectivity index (χ0) is 15.5. The molecule has 1 saturated carbocycles. The van der Waals surface area contributed by atoms with Gasteiger partial charge in [0.1, 0.15) is 5.54 Å². The minimum Gasteiger partial charge on any atom is -0.479 e. The predicted octanol–water partition coefficient (Wildman–Crippen LogP) is 2.94. The lowest BCUT2D eigenvalue weighted by molar-refractivity contribution is -0.152. The predicted molar refractivity (Wildman–Crippen MR) is 81.0 cm³/mol. The van der Waals surface area contributed by atoms with E-state index in [1.807, 2.05) is 44.2 Å². The van der Waals surface area contributed by atoms with Gasteiger partial charge in [-0.3, -0.25) is 4.79 Å². The van der Waals surface area contributed by atoms with E-state index in [9.17, 15) is 14.7 Å². The van der Waals surface area contributed by atoms with Crippen LogP contribution in [0.2, 0.25) is 0 Å². The van der Waals surface area contributed by atoms with Crippen LogP contribution < -0.4 is 5.32 Å². The maximum absolute atomic E-state index is 12.5. The van der Waals surface area contributed by atoms with Crippen molar-refractivity contribution in [3.05, 3.63) is 35.9 Å². The van der Waals surface area contributed by atoms with E-state index in [2.05, 4.69) is 5.32 Å². The number of amides is 1. The highest BCUT2D eigenvalue weighted by Crippen LogP contribution is 2.34. The Bertz CT molecular complexity index is 514. The SMILES string of the molecule is CC(C(=O)NC1(C(=O)O)CCCCC1C)c1ccccc1. The molecule has 1 fully saturated rings. The van der Waals surface area contributed by atoms with Crippen LogP contribution in [0.25, 0.3) is 0 Å². The van der Waals surface area contributed by atoms with Crippen LogP contribution in [0.15, 0.2) is 30.3 Å². The molecule has 114 valence electrons. The number of hydrogen-bond donors (Lipinski definition) is 2. The van der Waals surface area contributed by atoms with Gasteiger partial charge < -0.3 is 10.4 Å². The Hall–Kier alpha value is -1.84.